The number of rotatable bonds is 4. The smallest absolute Gasteiger partial charge is 0.304 e. The van der Waals surface area contributed by atoms with Crippen LogP contribution in [0.3, 0.4) is 0 Å². The average Bonchev–Trinajstić information content (AvgIpc) is 2.11. The third-order valence-corrected chi connectivity index (χ3v) is 3.05. The fourth-order valence-corrected chi connectivity index (χ4v) is 2.68. The summed E-state index contributed by atoms with van der Waals surface area (Å²) in [6.07, 6.45) is 0.0883. The molecule has 1 saturated heterocycles. The molecule has 0 aromatic rings. The maximum atomic E-state index is 12.0. The summed E-state index contributed by atoms with van der Waals surface area (Å²) in [5.41, 5.74) is -0.234. The highest BCUT2D eigenvalue weighted by Gasteiger charge is 2.39. The van der Waals surface area contributed by atoms with Crippen LogP contribution in [-0.4, -0.2) is 58.0 Å². The van der Waals surface area contributed by atoms with E-state index in [1.54, 1.807) is 0 Å². The van der Waals surface area contributed by atoms with Crippen LogP contribution in [0.4, 0.5) is 0 Å². The molecule has 1 N–H and O–H groups in total. The summed E-state index contributed by atoms with van der Waals surface area (Å²) in [6, 6.07) is 0.180. The number of piperazine rings is 1. The van der Waals surface area contributed by atoms with Gasteiger partial charge in [-0.3, -0.25) is 14.5 Å². The molecule has 17 heavy (non-hydrogen) atoms. The summed E-state index contributed by atoms with van der Waals surface area (Å²) in [5, 5.41) is 8.66. The molecule has 5 nitrogen and oxygen atoms in total. The number of hydrogen-bond acceptors (Lipinski definition) is 3. The first-order valence-electron chi connectivity index (χ1n) is 6.00. The van der Waals surface area contributed by atoms with Gasteiger partial charge in [0.25, 0.3) is 0 Å². The summed E-state index contributed by atoms with van der Waals surface area (Å²) in [5.74, 6) is -0.733. The van der Waals surface area contributed by atoms with Crippen LogP contribution >= 0.6 is 0 Å². The lowest BCUT2D eigenvalue weighted by Crippen LogP contribution is -2.64. The highest BCUT2D eigenvalue weighted by atomic mass is 16.4. The molecule has 1 fully saturated rings. The first kappa shape index (κ1) is 14.0. The monoisotopic (exact) mass is 242 g/mol. The standard InChI is InChI=1S/C12H22N2O3/c1-9(2)14-10(15)7-13(6-5-11(16)17)8-12(14,3)4/h9H,5-8H2,1-4H3,(H,16,17). The van der Waals surface area contributed by atoms with Crippen LogP contribution in [0.15, 0.2) is 0 Å². The molecule has 1 aliphatic heterocycles. The van der Waals surface area contributed by atoms with Gasteiger partial charge in [-0.1, -0.05) is 0 Å². The number of carbonyl (C=O) groups is 2. The van der Waals surface area contributed by atoms with Crippen LogP contribution in [0.2, 0.25) is 0 Å². The van der Waals surface area contributed by atoms with E-state index in [0.717, 1.165) is 6.54 Å². The van der Waals surface area contributed by atoms with Crippen LogP contribution in [0.25, 0.3) is 0 Å². The van der Waals surface area contributed by atoms with Crippen molar-refractivity contribution in [1.82, 2.24) is 9.80 Å². The second-order valence-corrected chi connectivity index (χ2v) is 5.52. The summed E-state index contributed by atoms with van der Waals surface area (Å²) >= 11 is 0. The number of carboxylic acids is 1. The molecule has 0 unspecified atom stereocenters. The number of nitrogens with zero attached hydrogens (tertiary/aromatic N) is 2. The molecule has 0 bridgehead atoms. The largest absolute Gasteiger partial charge is 0.481 e. The fourth-order valence-electron chi connectivity index (χ4n) is 2.68. The van der Waals surface area contributed by atoms with Crippen molar-refractivity contribution in [3.63, 3.8) is 0 Å². The Balaban J connectivity index is 2.68. The van der Waals surface area contributed by atoms with Crippen molar-refractivity contribution >= 4 is 11.9 Å². The topological polar surface area (TPSA) is 60.9 Å². The van der Waals surface area contributed by atoms with Crippen molar-refractivity contribution in [2.24, 2.45) is 0 Å². The minimum atomic E-state index is -0.818. The maximum Gasteiger partial charge on any atom is 0.304 e. The summed E-state index contributed by atoms with van der Waals surface area (Å²) in [7, 11) is 0. The predicted molar refractivity (Wildman–Crippen MR) is 64.8 cm³/mol. The molecule has 1 heterocycles. The average molecular weight is 242 g/mol. The normalized spacial score (nSPS) is 21.0. The van der Waals surface area contributed by atoms with E-state index in [1.807, 2.05) is 37.5 Å². The Hall–Kier alpha value is -1.10. The Labute approximate surface area is 102 Å². The number of carboxylic acid groups (broad SMARTS) is 1. The van der Waals surface area contributed by atoms with E-state index in [4.69, 9.17) is 5.11 Å². The van der Waals surface area contributed by atoms with E-state index in [0.29, 0.717) is 13.1 Å². The lowest BCUT2D eigenvalue weighted by Gasteiger charge is -2.48. The second-order valence-electron chi connectivity index (χ2n) is 5.52. The number of hydrogen-bond donors (Lipinski definition) is 1. The van der Waals surface area contributed by atoms with Crippen molar-refractivity contribution in [1.29, 1.82) is 0 Å². The number of carbonyl (C=O) groups excluding carboxylic acids is 1. The minimum absolute atomic E-state index is 0.0849. The molecule has 0 aliphatic carbocycles. The van der Waals surface area contributed by atoms with E-state index in [9.17, 15) is 9.59 Å². The Morgan fingerprint density at radius 3 is 2.47 bits per heavy atom. The molecule has 0 atom stereocenters. The molecule has 5 heteroatoms. The van der Waals surface area contributed by atoms with Gasteiger partial charge in [0.05, 0.1) is 18.5 Å². The highest BCUT2D eigenvalue weighted by molar-refractivity contribution is 5.80. The van der Waals surface area contributed by atoms with Gasteiger partial charge in [-0.2, -0.15) is 0 Å². The highest BCUT2D eigenvalue weighted by Crippen LogP contribution is 2.24. The minimum Gasteiger partial charge on any atom is -0.481 e. The van der Waals surface area contributed by atoms with Crippen molar-refractivity contribution in [2.75, 3.05) is 19.6 Å². The third-order valence-electron chi connectivity index (χ3n) is 3.05. The first-order chi connectivity index (χ1) is 7.74. The summed E-state index contributed by atoms with van der Waals surface area (Å²) in [4.78, 5) is 26.4. The Morgan fingerprint density at radius 1 is 1.47 bits per heavy atom. The van der Waals surface area contributed by atoms with E-state index in [-0.39, 0.29) is 23.9 Å². The van der Waals surface area contributed by atoms with Crippen molar-refractivity contribution in [2.45, 2.75) is 45.7 Å². The molecular formula is C12H22N2O3. The maximum absolute atomic E-state index is 12.0. The van der Waals surface area contributed by atoms with Gasteiger partial charge >= 0.3 is 5.97 Å². The van der Waals surface area contributed by atoms with Crippen molar-refractivity contribution < 1.29 is 14.7 Å². The van der Waals surface area contributed by atoms with E-state index < -0.39 is 5.97 Å². The van der Waals surface area contributed by atoms with Gasteiger partial charge in [-0.25, -0.2) is 0 Å². The van der Waals surface area contributed by atoms with Crippen LogP contribution in [0.1, 0.15) is 34.1 Å². The molecule has 0 saturated carbocycles. The third kappa shape index (κ3) is 3.43. The lowest BCUT2D eigenvalue weighted by atomic mass is 9.96. The number of aliphatic carboxylic acids is 1. The second kappa shape index (κ2) is 5.04. The van der Waals surface area contributed by atoms with Gasteiger partial charge in [-0.05, 0) is 27.7 Å². The van der Waals surface area contributed by atoms with E-state index in [2.05, 4.69) is 0 Å². The Bertz CT molecular complexity index is 313. The molecule has 0 radical (unpaired) electrons. The lowest BCUT2D eigenvalue weighted by molar-refractivity contribution is -0.149. The molecule has 1 aliphatic rings. The molecular weight excluding hydrogens is 220 g/mol. The van der Waals surface area contributed by atoms with Gasteiger partial charge in [0, 0.05) is 19.1 Å². The molecule has 1 amide bonds. The zero-order valence-electron chi connectivity index (χ0n) is 11.1. The van der Waals surface area contributed by atoms with Crippen LogP contribution in [0, 0.1) is 0 Å². The zero-order chi connectivity index (χ0) is 13.2. The Kier molecular flexibility index (Phi) is 4.14. The van der Waals surface area contributed by atoms with Gasteiger partial charge < -0.3 is 10.0 Å². The molecule has 0 aromatic heterocycles. The fraction of sp³-hybridized carbons (Fsp3) is 0.833. The molecule has 98 valence electrons. The van der Waals surface area contributed by atoms with Crippen LogP contribution < -0.4 is 0 Å². The van der Waals surface area contributed by atoms with Gasteiger partial charge in [0.2, 0.25) is 5.91 Å². The zero-order valence-corrected chi connectivity index (χ0v) is 11.1. The van der Waals surface area contributed by atoms with E-state index in [1.165, 1.54) is 0 Å². The van der Waals surface area contributed by atoms with Gasteiger partial charge in [0.15, 0.2) is 0 Å². The van der Waals surface area contributed by atoms with Gasteiger partial charge in [0.1, 0.15) is 0 Å². The first-order valence-corrected chi connectivity index (χ1v) is 6.00. The van der Waals surface area contributed by atoms with Crippen molar-refractivity contribution in [3.05, 3.63) is 0 Å². The van der Waals surface area contributed by atoms with Crippen molar-refractivity contribution in [3.8, 4) is 0 Å². The molecule has 0 aromatic carbocycles. The Morgan fingerprint density at radius 2 is 2.06 bits per heavy atom. The SMILES string of the molecule is CC(C)N1C(=O)CN(CCC(=O)O)CC1(C)C. The molecule has 0 spiro atoms. The number of amides is 1. The summed E-state index contributed by atoms with van der Waals surface area (Å²) in [6.45, 7) is 9.56. The van der Waals surface area contributed by atoms with Gasteiger partial charge in [-0.15, -0.1) is 0 Å². The predicted octanol–water partition coefficient (Wildman–Crippen LogP) is 0.792. The quantitative estimate of drug-likeness (QED) is 0.792. The van der Waals surface area contributed by atoms with E-state index >= 15 is 0 Å². The van der Waals surface area contributed by atoms with Crippen LogP contribution in [0.5, 0.6) is 0 Å². The summed E-state index contributed by atoms with van der Waals surface area (Å²) < 4.78 is 0. The molecule has 1 rings (SSSR count). The van der Waals surface area contributed by atoms with Crippen LogP contribution in [-0.2, 0) is 9.59 Å².